The average molecular weight is 539 g/mol. The van der Waals surface area contributed by atoms with E-state index in [9.17, 15) is 23.3 Å². The van der Waals surface area contributed by atoms with Gasteiger partial charge in [0.25, 0.3) is 11.6 Å². The van der Waals surface area contributed by atoms with Gasteiger partial charge in [0, 0.05) is 37.6 Å². The van der Waals surface area contributed by atoms with Crippen LogP contribution in [-0.2, 0) is 14.6 Å². The molecule has 0 aliphatic carbocycles. The molecule has 0 saturated heterocycles. The molecule has 0 bridgehead atoms. The second kappa shape index (κ2) is 12.2. The quantitative estimate of drug-likeness (QED) is 0.213. The van der Waals surface area contributed by atoms with Crippen molar-refractivity contribution < 1.29 is 18.1 Å². The third-order valence-corrected chi connectivity index (χ3v) is 7.50. The highest BCUT2D eigenvalue weighted by Gasteiger charge is 2.22. The van der Waals surface area contributed by atoms with E-state index in [-0.39, 0.29) is 28.9 Å². The first-order chi connectivity index (χ1) is 16.1. The first kappa shape index (κ1) is 28.4. The molecule has 0 spiro atoms. The lowest BCUT2D eigenvalue weighted by Crippen LogP contribution is -2.38. The van der Waals surface area contributed by atoms with E-state index in [1.54, 1.807) is 30.3 Å². The summed E-state index contributed by atoms with van der Waals surface area (Å²) in [7, 11) is -3.48. The van der Waals surface area contributed by atoms with Crippen molar-refractivity contribution in [1.82, 2.24) is 9.88 Å². The maximum absolute atomic E-state index is 13.2. The zero-order valence-electron chi connectivity index (χ0n) is 19.6. The molecule has 2 aromatic carbocycles. The molecule has 3 rings (SSSR count). The first-order valence-corrected chi connectivity index (χ1v) is 13.4. The number of nitro benzene ring substituents is 1. The molecule has 0 fully saturated rings. The molecule has 188 valence electrons. The van der Waals surface area contributed by atoms with Gasteiger partial charge in [-0.3, -0.25) is 19.8 Å². The Kier molecular flexibility index (Phi) is 9.90. The van der Waals surface area contributed by atoms with Crippen LogP contribution in [0.2, 0.25) is 0 Å². The maximum Gasteiger partial charge on any atom is 0.269 e. The van der Waals surface area contributed by atoms with Crippen LogP contribution in [0.1, 0.15) is 19.4 Å². The fourth-order valence-corrected chi connectivity index (χ4v) is 5.29. The Morgan fingerprint density at radius 1 is 1.11 bits per heavy atom. The number of hydrogen-bond acceptors (Lipinski definition) is 8. The molecule has 0 unspecified atom stereocenters. The van der Waals surface area contributed by atoms with E-state index in [0.29, 0.717) is 34.0 Å². The SMILES string of the molecule is CCN(CC)CCN(C(=O)C=Cc1ccc([N+](=O)[O-])cc1)c1nc2c(S(C)(=O)=O)cccc2s1.Cl. The number of halogens is 1. The van der Waals surface area contributed by atoms with Gasteiger partial charge in [-0.05, 0) is 49.0 Å². The molecule has 0 aliphatic rings. The zero-order chi connectivity index (χ0) is 24.9. The van der Waals surface area contributed by atoms with Crippen LogP contribution >= 0.6 is 23.7 Å². The number of nitro groups is 1. The van der Waals surface area contributed by atoms with Gasteiger partial charge in [-0.2, -0.15) is 0 Å². The fourth-order valence-electron chi connectivity index (χ4n) is 3.37. The van der Waals surface area contributed by atoms with Gasteiger partial charge in [-0.15, -0.1) is 12.4 Å². The molecule has 0 aliphatic heterocycles. The minimum absolute atomic E-state index is 0. The minimum atomic E-state index is -3.48. The molecule has 35 heavy (non-hydrogen) atoms. The van der Waals surface area contributed by atoms with E-state index < -0.39 is 14.8 Å². The Balaban J connectivity index is 0.00000432. The molecule has 3 aromatic rings. The number of hydrogen-bond donors (Lipinski definition) is 0. The normalized spacial score (nSPS) is 11.7. The highest BCUT2D eigenvalue weighted by Crippen LogP contribution is 2.32. The lowest BCUT2D eigenvalue weighted by atomic mass is 10.2. The number of thiazole rings is 1. The van der Waals surface area contributed by atoms with Crippen LogP contribution in [-0.4, -0.2) is 61.6 Å². The van der Waals surface area contributed by atoms with Gasteiger partial charge in [0.05, 0.1) is 14.5 Å². The summed E-state index contributed by atoms with van der Waals surface area (Å²) in [5.41, 5.74) is 0.969. The Hall–Kier alpha value is -2.86. The predicted molar refractivity (Wildman–Crippen MR) is 142 cm³/mol. The number of benzene rings is 2. The van der Waals surface area contributed by atoms with Crippen molar-refractivity contribution in [3.63, 3.8) is 0 Å². The summed E-state index contributed by atoms with van der Waals surface area (Å²) in [4.78, 5) is 31.9. The summed E-state index contributed by atoms with van der Waals surface area (Å²) >= 11 is 1.26. The molecule has 9 nitrogen and oxygen atoms in total. The Morgan fingerprint density at radius 3 is 2.34 bits per heavy atom. The van der Waals surface area contributed by atoms with Gasteiger partial charge in [-0.25, -0.2) is 13.4 Å². The topological polar surface area (TPSA) is 114 Å². The number of aromatic nitrogens is 1. The van der Waals surface area contributed by atoms with Gasteiger partial charge in [0.2, 0.25) is 0 Å². The number of anilines is 1. The summed E-state index contributed by atoms with van der Waals surface area (Å²) in [6, 6.07) is 10.8. The van der Waals surface area contributed by atoms with Crippen LogP contribution in [0, 0.1) is 10.1 Å². The molecule has 0 N–H and O–H groups in total. The number of nitrogens with zero attached hydrogens (tertiary/aromatic N) is 4. The molecule has 0 atom stereocenters. The highest BCUT2D eigenvalue weighted by atomic mass is 35.5. The van der Waals surface area contributed by atoms with E-state index in [1.165, 1.54) is 40.5 Å². The zero-order valence-corrected chi connectivity index (χ0v) is 22.0. The smallest absolute Gasteiger partial charge is 0.269 e. The summed E-state index contributed by atoms with van der Waals surface area (Å²) in [5, 5.41) is 11.3. The molecular weight excluding hydrogens is 512 g/mol. The number of non-ortho nitro benzene ring substituents is 1. The molecule has 12 heteroatoms. The number of sulfone groups is 1. The summed E-state index contributed by atoms with van der Waals surface area (Å²) in [6.07, 6.45) is 4.12. The first-order valence-electron chi connectivity index (χ1n) is 10.7. The largest absolute Gasteiger partial charge is 0.302 e. The summed E-state index contributed by atoms with van der Waals surface area (Å²) < 4.78 is 25.1. The van der Waals surface area contributed by atoms with Crippen molar-refractivity contribution >= 4 is 66.6 Å². The third-order valence-electron chi connectivity index (χ3n) is 5.32. The van der Waals surface area contributed by atoms with Crippen LogP contribution in [0.3, 0.4) is 0 Å². The number of amides is 1. The van der Waals surface area contributed by atoms with Crippen molar-refractivity contribution in [3.05, 3.63) is 64.2 Å². The van der Waals surface area contributed by atoms with E-state index in [4.69, 9.17) is 0 Å². The van der Waals surface area contributed by atoms with E-state index in [0.717, 1.165) is 19.3 Å². The van der Waals surface area contributed by atoms with Gasteiger partial charge in [-0.1, -0.05) is 31.3 Å². The number of carbonyl (C=O) groups is 1. The molecule has 0 radical (unpaired) electrons. The Labute approximate surface area is 214 Å². The molecular formula is C23H27ClN4O5S2. The predicted octanol–water partition coefficient (Wildman–Crippen LogP) is 4.42. The molecule has 1 heterocycles. The highest BCUT2D eigenvalue weighted by molar-refractivity contribution is 7.91. The van der Waals surface area contributed by atoms with E-state index >= 15 is 0 Å². The Morgan fingerprint density at radius 2 is 1.77 bits per heavy atom. The van der Waals surface area contributed by atoms with Crippen LogP contribution in [0.4, 0.5) is 10.8 Å². The van der Waals surface area contributed by atoms with Crippen LogP contribution in [0.5, 0.6) is 0 Å². The van der Waals surface area contributed by atoms with Crippen LogP contribution in [0.15, 0.2) is 53.4 Å². The Bertz CT molecular complexity index is 1320. The molecule has 1 aromatic heterocycles. The van der Waals surface area contributed by atoms with Crippen LogP contribution < -0.4 is 4.90 Å². The maximum atomic E-state index is 13.2. The standard InChI is InChI=1S/C23H26N4O5S2.ClH/c1-4-25(5-2)15-16-26(21(28)14-11-17-9-12-18(13-10-17)27(29)30)23-24-22-19(33-23)7-6-8-20(22)34(3,31)32;/h6-14H,4-5,15-16H2,1-3H3;1H. The van der Waals surface area contributed by atoms with Crippen molar-refractivity contribution in [2.75, 3.05) is 37.3 Å². The second-order valence-electron chi connectivity index (χ2n) is 7.57. The fraction of sp³-hybridized carbons (Fsp3) is 0.304. The average Bonchev–Trinajstić information content (AvgIpc) is 3.23. The molecule has 0 saturated carbocycles. The van der Waals surface area contributed by atoms with Crippen molar-refractivity contribution in [2.24, 2.45) is 0 Å². The summed E-state index contributed by atoms with van der Waals surface area (Å²) in [5.74, 6) is -0.314. The number of rotatable bonds is 10. The van der Waals surface area contributed by atoms with Gasteiger partial charge in [0.15, 0.2) is 15.0 Å². The summed E-state index contributed by atoms with van der Waals surface area (Å²) in [6.45, 7) is 6.74. The van der Waals surface area contributed by atoms with Crippen molar-refractivity contribution in [1.29, 1.82) is 0 Å². The second-order valence-corrected chi connectivity index (χ2v) is 10.6. The van der Waals surface area contributed by atoms with Gasteiger partial charge in [0.1, 0.15) is 5.52 Å². The van der Waals surface area contributed by atoms with Gasteiger partial charge < -0.3 is 4.90 Å². The number of para-hydroxylation sites is 1. The lowest BCUT2D eigenvalue weighted by Gasteiger charge is -2.23. The number of carbonyl (C=O) groups excluding carboxylic acids is 1. The van der Waals surface area contributed by atoms with Gasteiger partial charge >= 0.3 is 0 Å². The van der Waals surface area contributed by atoms with E-state index in [1.807, 2.05) is 13.8 Å². The lowest BCUT2D eigenvalue weighted by molar-refractivity contribution is -0.384. The van der Waals surface area contributed by atoms with Crippen LogP contribution in [0.25, 0.3) is 16.3 Å². The monoisotopic (exact) mass is 538 g/mol. The van der Waals surface area contributed by atoms with E-state index in [2.05, 4.69) is 9.88 Å². The third kappa shape index (κ3) is 7.07. The minimum Gasteiger partial charge on any atom is -0.302 e. The number of fused-ring (bicyclic) bond motifs is 1. The van der Waals surface area contributed by atoms with Crippen molar-refractivity contribution in [2.45, 2.75) is 18.7 Å². The number of likely N-dealkylation sites (N-methyl/N-ethyl adjacent to an activating group) is 1. The van der Waals surface area contributed by atoms with Crippen molar-refractivity contribution in [3.8, 4) is 0 Å². The molecule has 1 amide bonds.